The number of benzene rings is 1. The van der Waals surface area contributed by atoms with Gasteiger partial charge in [0.25, 0.3) is 0 Å². The van der Waals surface area contributed by atoms with Crippen LogP contribution in [0.5, 0.6) is 0 Å². The van der Waals surface area contributed by atoms with Crippen molar-refractivity contribution >= 4 is 23.6 Å². The molecule has 1 unspecified atom stereocenters. The summed E-state index contributed by atoms with van der Waals surface area (Å²) in [6.45, 7) is 4.17. The Kier molecular flexibility index (Phi) is 6.27. The largest absolute Gasteiger partial charge is 0.465 e. The molecule has 2 heterocycles. The number of nitrogens with one attached hydrogen (secondary N) is 2. The molecule has 3 N–H and O–H groups in total. The van der Waals surface area contributed by atoms with Crippen LogP contribution in [-0.4, -0.2) is 66.2 Å². The van der Waals surface area contributed by atoms with Crippen molar-refractivity contribution in [2.45, 2.75) is 62.9 Å². The van der Waals surface area contributed by atoms with Gasteiger partial charge in [0.15, 0.2) is 0 Å². The van der Waals surface area contributed by atoms with Crippen LogP contribution in [0.25, 0.3) is 0 Å². The van der Waals surface area contributed by atoms with E-state index in [9.17, 15) is 14.4 Å². The standard InChI is InChI=1S/C25H34N4O4/c30-23-10-9-20(24(31)27-23)16-3-7-19(8-4-16)28-11-13-29(14-12-28)22-15-21(22)17-1-5-18(6-2-17)26-25(32)33/h3-4,7-8,17-18,20-22,26H,1-2,5-6,9-15H2,(H,32,33)(H,27,30,31)/t17?,18?,20?,21-,22+/m1/s1. The van der Waals surface area contributed by atoms with E-state index in [0.29, 0.717) is 18.9 Å². The molecular formula is C25H34N4O4. The van der Waals surface area contributed by atoms with Gasteiger partial charge in [-0.2, -0.15) is 0 Å². The Balaban J connectivity index is 1.08. The van der Waals surface area contributed by atoms with Crippen LogP contribution >= 0.6 is 0 Å². The minimum Gasteiger partial charge on any atom is -0.465 e. The molecule has 2 aliphatic heterocycles. The molecule has 2 aliphatic carbocycles. The molecular weight excluding hydrogens is 420 g/mol. The zero-order valence-corrected chi connectivity index (χ0v) is 19.0. The summed E-state index contributed by atoms with van der Waals surface area (Å²) in [6.07, 6.45) is 5.63. The Hall–Kier alpha value is -2.61. The van der Waals surface area contributed by atoms with Gasteiger partial charge < -0.3 is 15.3 Å². The van der Waals surface area contributed by atoms with Crippen molar-refractivity contribution in [1.29, 1.82) is 0 Å². The third kappa shape index (κ3) is 5.00. The van der Waals surface area contributed by atoms with Gasteiger partial charge in [-0.25, -0.2) is 4.79 Å². The molecule has 3 atom stereocenters. The zero-order valence-electron chi connectivity index (χ0n) is 19.0. The summed E-state index contributed by atoms with van der Waals surface area (Å²) in [7, 11) is 0. The minimum atomic E-state index is -0.897. The van der Waals surface area contributed by atoms with Gasteiger partial charge in [0, 0.05) is 50.4 Å². The van der Waals surface area contributed by atoms with E-state index < -0.39 is 6.09 Å². The molecule has 8 nitrogen and oxygen atoms in total. The number of imide groups is 1. The quantitative estimate of drug-likeness (QED) is 0.591. The lowest BCUT2D eigenvalue weighted by atomic mass is 9.83. The van der Waals surface area contributed by atoms with Gasteiger partial charge >= 0.3 is 6.09 Å². The molecule has 2 saturated heterocycles. The highest BCUT2D eigenvalue weighted by Crippen LogP contribution is 2.47. The number of hydrogen-bond acceptors (Lipinski definition) is 5. The maximum atomic E-state index is 12.1. The lowest BCUT2D eigenvalue weighted by Crippen LogP contribution is -2.48. The fourth-order valence-corrected chi connectivity index (χ4v) is 6.23. The average molecular weight is 455 g/mol. The second-order valence-corrected chi connectivity index (χ2v) is 10.1. The lowest BCUT2D eigenvalue weighted by molar-refractivity contribution is -0.134. The Bertz CT molecular complexity index is 888. The van der Waals surface area contributed by atoms with E-state index in [-0.39, 0.29) is 23.8 Å². The van der Waals surface area contributed by atoms with Gasteiger partial charge in [-0.15, -0.1) is 0 Å². The smallest absolute Gasteiger partial charge is 0.404 e. The predicted octanol–water partition coefficient (Wildman–Crippen LogP) is 2.54. The van der Waals surface area contributed by atoms with Crippen molar-refractivity contribution in [2.24, 2.45) is 11.8 Å². The molecule has 178 valence electrons. The van der Waals surface area contributed by atoms with Crippen LogP contribution in [0.3, 0.4) is 0 Å². The van der Waals surface area contributed by atoms with E-state index in [2.05, 4.69) is 32.6 Å². The number of carbonyl (C=O) groups excluding carboxylic acids is 2. The molecule has 4 aliphatic rings. The fourth-order valence-electron chi connectivity index (χ4n) is 6.23. The predicted molar refractivity (Wildman–Crippen MR) is 124 cm³/mol. The van der Waals surface area contributed by atoms with Gasteiger partial charge in [-0.05, 0) is 68.1 Å². The van der Waals surface area contributed by atoms with Gasteiger partial charge in [-0.1, -0.05) is 12.1 Å². The van der Waals surface area contributed by atoms with E-state index in [4.69, 9.17) is 5.11 Å². The van der Waals surface area contributed by atoms with Gasteiger partial charge in [0.2, 0.25) is 11.8 Å². The van der Waals surface area contributed by atoms with Crippen LogP contribution in [0.1, 0.15) is 56.4 Å². The summed E-state index contributed by atoms with van der Waals surface area (Å²) in [4.78, 5) is 39.4. The maximum absolute atomic E-state index is 12.1. The number of rotatable bonds is 5. The summed E-state index contributed by atoms with van der Waals surface area (Å²) >= 11 is 0. The van der Waals surface area contributed by atoms with Crippen molar-refractivity contribution in [1.82, 2.24) is 15.5 Å². The number of nitrogens with zero attached hydrogens (tertiary/aromatic N) is 2. The van der Waals surface area contributed by atoms with Crippen LogP contribution in [0.2, 0.25) is 0 Å². The summed E-state index contributed by atoms with van der Waals surface area (Å²) < 4.78 is 0. The zero-order chi connectivity index (χ0) is 22.9. The number of amides is 3. The molecule has 0 aromatic heterocycles. The number of hydrogen-bond donors (Lipinski definition) is 3. The normalized spacial score (nSPS) is 32.8. The summed E-state index contributed by atoms with van der Waals surface area (Å²) in [5.74, 6) is 0.954. The number of piperidine rings is 1. The lowest BCUT2D eigenvalue weighted by Gasteiger charge is -2.37. The fraction of sp³-hybridized carbons (Fsp3) is 0.640. The highest BCUT2D eigenvalue weighted by Gasteiger charge is 2.47. The molecule has 0 spiro atoms. The summed E-state index contributed by atoms with van der Waals surface area (Å²) in [5.41, 5.74) is 2.18. The Morgan fingerprint density at radius 2 is 1.67 bits per heavy atom. The molecule has 4 fully saturated rings. The first-order chi connectivity index (χ1) is 16.0. The van der Waals surface area contributed by atoms with Crippen LogP contribution < -0.4 is 15.5 Å². The van der Waals surface area contributed by atoms with Crippen LogP contribution in [0.4, 0.5) is 10.5 Å². The third-order valence-corrected chi connectivity index (χ3v) is 8.19. The molecule has 1 aromatic carbocycles. The van der Waals surface area contributed by atoms with Gasteiger partial charge in [-0.3, -0.25) is 19.8 Å². The molecule has 1 aromatic rings. The summed E-state index contributed by atoms with van der Waals surface area (Å²) in [5, 5.41) is 14.0. The van der Waals surface area contributed by atoms with E-state index in [0.717, 1.165) is 69.3 Å². The Labute approximate surface area is 194 Å². The number of anilines is 1. The number of carbonyl (C=O) groups is 3. The van der Waals surface area contributed by atoms with Crippen molar-refractivity contribution in [2.75, 3.05) is 31.1 Å². The van der Waals surface area contributed by atoms with Crippen LogP contribution in [-0.2, 0) is 9.59 Å². The molecule has 5 rings (SSSR count). The Morgan fingerprint density at radius 3 is 2.30 bits per heavy atom. The third-order valence-electron chi connectivity index (χ3n) is 8.19. The Morgan fingerprint density at radius 1 is 0.970 bits per heavy atom. The van der Waals surface area contributed by atoms with E-state index in [1.807, 2.05) is 12.1 Å². The molecule has 0 bridgehead atoms. The molecule has 0 radical (unpaired) electrons. The van der Waals surface area contributed by atoms with E-state index >= 15 is 0 Å². The SMILES string of the molecule is O=C(O)NC1CCC([C@H]2C[C@@H]2N2CCN(c3ccc(C4CCC(=O)NC4=O)cc3)CC2)CC1. The maximum Gasteiger partial charge on any atom is 0.404 e. The van der Waals surface area contributed by atoms with Crippen LogP contribution in [0, 0.1) is 11.8 Å². The molecule has 33 heavy (non-hydrogen) atoms. The second-order valence-electron chi connectivity index (χ2n) is 10.1. The highest BCUT2D eigenvalue weighted by atomic mass is 16.4. The van der Waals surface area contributed by atoms with E-state index in [1.54, 1.807) is 0 Å². The first kappa shape index (κ1) is 22.2. The van der Waals surface area contributed by atoms with Crippen molar-refractivity contribution < 1.29 is 19.5 Å². The molecule has 3 amide bonds. The average Bonchev–Trinajstić information content (AvgIpc) is 3.61. The first-order valence-electron chi connectivity index (χ1n) is 12.4. The molecule has 2 saturated carbocycles. The second kappa shape index (κ2) is 9.33. The number of carboxylic acid groups (broad SMARTS) is 1. The van der Waals surface area contributed by atoms with Crippen molar-refractivity contribution in [3.63, 3.8) is 0 Å². The molecule has 8 heteroatoms. The van der Waals surface area contributed by atoms with Crippen molar-refractivity contribution in [3.05, 3.63) is 29.8 Å². The minimum absolute atomic E-state index is 0.140. The van der Waals surface area contributed by atoms with Gasteiger partial charge in [0.1, 0.15) is 0 Å². The summed E-state index contributed by atoms with van der Waals surface area (Å²) in [6, 6.07) is 9.13. The van der Waals surface area contributed by atoms with Gasteiger partial charge in [0.05, 0.1) is 5.92 Å². The van der Waals surface area contributed by atoms with Crippen molar-refractivity contribution in [3.8, 4) is 0 Å². The highest BCUT2D eigenvalue weighted by molar-refractivity contribution is 6.00. The topological polar surface area (TPSA) is 102 Å². The monoisotopic (exact) mass is 454 g/mol. The van der Waals surface area contributed by atoms with Crippen LogP contribution in [0.15, 0.2) is 24.3 Å². The first-order valence-corrected chi connectivity index (χ1v) is 12.4. The number of piperazine rings is 1. The van der Waals surface area contributed by atoms with E-state index in [1.165, 1.54) is 12.1 Å².